The fourth-order valence-electron chi connectivity index (χ4n) is 1.85. The SMILES string of the molecule is CCCOc1cccc(NC(C)c2ccsc2)c1N. The van der Waals surface area contributed by atoms with Crippen LogP contribution in [0.3, 0.4) is 0 Å². The number of anilines is 2. The second-order valence-corrected chi connectivity index (χ2v) is 5.27. The molecule has 102 valence electrons. The molecule has 2 aromatic rings. The fourth-order valence-corrected chi connectivity index (χ4v) is 2.60. The number of nitrogens with two attached hydrogens (primary N) is 1. The van der Waals surface area contributed by atoms with Crippen LogP contribution in [0.1, 0.15) is 31.9 Å². The molecule has 0 aliphatic carbocycles. The summed E-state index contributed by atoms with van der Waals surface area (Å²) in [5.41, 5.74) is 9.01. The van der Waals surface area contributed by atoms with E-state index >= 15 is 0 Å². The number of nitrogen functional groups attached to an aromatic ring is 1. The Labute approximate surface area is 118 Å². The van der Waals surface area contributed by atoms with Crippen LogP contribution in [0.2, 0.25) is 0 Å². The minimum atomic E-state index is 0.231. The maximum Gasteiger partial charge on any atom is 0.144 e. The molecule has 0 spiro atoms. The lowest BCUT2D eigenvalue weighted by Gasteiger charge is -2.17. The third-order valence-electron chi connectivity index (χ3n) is 2.94. The Bertz CT molecular complexity index is 511. The Hall–Kier alpha value is -1.68. The second-order valence-electron chi connectivity index (χ2n) is 4.49. The van der Waals surface area contributed by atoms with Crippen LogP contribution in [0.5, 0.6) is 5.75 Å². The number of thiophene rings is 1. The molecular weight excluding hydrogens is 256 g/mol. The predicted octanol–water partition coefficient (Wildman–Crippen LogP) is 4.29. The fraction of sp³-hybridized carbons (Fsp3) is 0.333. The second kappa shape index (κ2) is 6.48. The zero-order chi connectivity index (χ0) is 13.7. The van der Waals surface area contributed by atoms with Gasteiger partial charge in [0, 0.05) is 6.04 Å². The van der Waals surface area contributed by atoms with E-state index in [2.05, 4.69) is 36.0 Å². The first kappa shape index (κ1) is 13.7. The maximum atomic E-state index is 6.14. The zero-order valence-electron chi connectivity index (χ0n) is 11.3. The first-order chi connectivity index (χ1) is 9.22. The number of benzene rings is 1. The van der Waals surface area contributed by atoms with E-state index in [1.807, 2.05) is 18.2 Å². The van der Waals surface area contributed by atoms with Gasteiger partial charge in [0.2, 0.25) is 0 Å². The molecule has 0 saturated carbocycles. The standard InChI is InChI=1S/C15H20N2OS/c1-3-8-18-14-6-4-5-13(15(14)16)17-11(2)12-7-9-19-10-12/h4-7,9-11,17H,3,8,16H2,1-2H3. The minimum Gasteiger partial charge on any atom is -0.491 e. The lowest BCUT2D eigenvalue weighted by Crippen LogP contribution is -2.08. The van der Waals surface area contributed by atoms with Crippen molar-refractivity contribution in [3.05, 3.63) is 40.6 Å². The third kappa shape index (κ3) is 3.41. The monoisotopic (exact) mass is 276 g/mol. The Morgan fingerprint density at radius 2 is 2.21 bits per heavy atom. The number of nitrogens with one attached hydrogen (secondary N) is 1. The number of para-hydroxylation sites is 1. The van der Waals surface area contributed by atoms with Gasteiger partial charge >= 0.3 is 0 Å². The van der Waals surface area contributed by atoms with Crippen LogP contribution >= 0.6 is 11.3 Å². The molecule has 0 amide bonds. The van der Waals surface area contributed by atoms with Crippen molar-refractivity contribution in [2.45, 2.75) is 26.3 Å². The first-order valence-corrected chi connectivity index (χ1v) is 7.46. The average Bonchev–Trinajstić information content (AvgIpc) is 2.94. The molecule has 1 heterocycles. The molecule has 1 unspecified atom stereocenters. The molecule has 4 heteroatoms. The Morgan fingerprint density at radius 1 is 1.37 bits per heavy atom. The van der Waals surface area contributed by atoms with E-state index < -0.39 is 0 Å². The summed E-state index contributed by atoms with van der Waals surface area (Å²) in [5.74, 6) is 0.754. The van der Waals surface area contributed by atoms with Gasteiger partial charge in [-0.15, -0.1) is 0 Å². The molecule has 0 aliphatic heterocycles. The Balaban J connectivity index is 2.12. The van der Waals surface area contributed by atoms with E-state index in [1.54, 1.807) is 11.3 Å². The molecule has 3 nitrogen and oxygen atoms in total. The first-order valence-electron chi connectivity index (χ1n) is 6.52. The quantitative estimate of drug-likeness (QED) is 0.774. The summed E-state index contributed by atoms with van der Waals surface area (Å²) in [6.07, 6.45) is 0.975. The zero-order valence-corrected chi connectivity index (χ0v) is 12.2. The van der Waals surface area contributed by atoms with Crippen LogP contribution in [0, 0.1) is 0 Å². The normalized spacial score (nSPS) is 12.1. The summed E-state index contributed by atoms with van der Waals surface area (Å²) in [6.45, 7) is 4.89. The number of ether oxygens (including phenoxy) is 1. The van der Waals surface area contributed by atoms with Crippen molar-refractivity contribution in [1.82, 2.24) is 0 Å². The van der Waals surface area contributed by atoms with Crippen molar-refractivity contribution >= 4 is 22.7 Å². The van der Waals surface area contributed by atoms with Gasteiger partial charge in [-0.3, -0.25) is 0 Å². The van der Waals surface area contributed by atoms with Crippen molar-refractivity contribution in [3.63, 3.8) is 0 Å². The van der Waals surface area contributed by atoms with Crippen molar-refractivity contribution in [3.8, 4) is 5.75 Å². The van der Waals surface area contributed by atoms with Crippen LogP contribution in [-0.4, -0.2) is 6.61 Å². The highest BCUT2D eigenvalue weighted by Gasteiger charge is 2.10. The van der Waals surface area contributed by atoms with E-state index in [0.29, 0.717) is 12.3 Å². The molecule has 3 N–H and O–H groups in total. The van der Waals surface area contributed by atoms with E-state index in [0.717, 1.165) is 17.9 Å². The highest BCUT2D eigenvalue weighted by atomic mass is 32.1. The molecule has 0 saturated heterocycles. The topological polar surface area (TPSA) is 47.3 Å². The average molecular weight is 276 g/mol. The lowest BCUT2D eigenvalue weighted by atomic mass is 10.1. The van der Waals surface area contributed by atoms with E-state index in [4.69, 9.17) is 10.5 Å². The van der Waals surface area contributed by atoms with Gasteiger partial charge in [0.05, 0.1) is 18.0 Å². The maximum absolute atomic E-state index is 6.14. The van der Waals surface area contributed by atoms with E-state index in [1.165, 1.54) is 5.56 Å². The van der Waals surface area contributed by atoms with Crippen molar-refractivity contribution in [2.24, 2.45) is 0 Å². The largest absolute Gasteiger partial charge is 0.491 e. The minimum absolute atomic E-state index is 0.231. The van der Waals surface area contributed by atoms with Gasteiger partial charge in [0.25, 0.3) is 0 Å². The van der Waals surface area contributed by atoms with Gasteiger partial charge in [0.15, 0.2) is 0 Å². The van der Waals surface area contributed by atoms with Gasteiger partial charge in [-0.25, -0.2) is 0 Å². The van der Waals surface area contributed by atoms with E-state index in [9.17, 15) is 0 Å². The number of hydrogen-bond acceptors (Lipinski definition) is 4. The highest BCUT2D eigenvalue weighted by molar-refractivity contribution is 7.07. The van der Waals surface area contributed by atoms with Crippen LogP contribution < -0.4 is 15.8 Å². The highest BCUT2D eigenvalue weighted by Crippen LogP contribution is 2.32. The predicted molar refractivity (Wildman–Crippen MR) is 83.0 cm³/mol. The summed E-state index contributed by atoms with van der Waals surface area (Å²) in [7, 11) is 0. The summed E-state index contributed by atoms with van der Waals surface area (Å²) >= 11 is 1.70. The third-order valence-corrected chi connectivity index (χ3v) is 3.64. The van der Waals surface area contributed by atoms with Crippen molar-refractivity contribution in [2.75, 3.05) is 17.7 Å². The molecule has 0 aliphatic rings. The van der Waals surface area contributed by atoms with Crippen molar-refractivity contribution in [1.29, 1.82) is 0 Å². The smallest absolute Gasteiger partial charge is 0.144 e. The van der Waals surface area contributed by atoms with Gasteiger partial charge in [-0.1, -0.05) is 13.0 Å². The molecule has 1 atom stereocenters. The molecule has 2 rings (SSSR count). The van der Waals surface area contributed by atoms with Gasteiger partial charge in [0.1, 0.15) is 5.75 Å². The molecule has 1 aromatic carbocycles. The summed E-state index contributed by atoms with van der Waals surface area (Å²) < 4.78 is 5.64. The van der Waals surface area contributed by atoms with Crippen LogP contribution in [0.4, 0.5) is 11.4 Å². The molecule has 0 radical (unpaired) electrons. The Kier molecular flexibility index (Phi) is 4.68. The molecular formula is C15H20N2OS. The van der Waals surface area contributed by atoms with Gasteiger partial charge < -0.3 is 15.8 Å². The molecule has 19 heavy (non-hydrogen) atoms. The number of hydrogen-bond donors (Lipinski definition) is 2. The van der Waals surface area contributed by atoms with E-state index in [-0.39, 0.29) is 6.04 Å². The van der Waals surface area contributed by atoms with Crippen LogP contribution in [0.15, 0.2) is 35.0 Å². The van der Waals surface area contributed by atoms with Gasteiger partial charge in [-0.2, -0.15) is 11.3 Å². The summed E-state index contributed by atoms with van der Waals surface area (Å²) in [5, 5.41) is 7.66. The number of rotatable bonds is 6. The van der Waals surface area contributed by atoms with Crippen LogP contribution in [0.25, 0.3) is 0 Å². The molecule has 0 fully saturated rings. The molecule has 1 aromatic heterocycles. The Morgan fingerprint density at radius 3 is 2.89 bits per heavy atom. The van der Waals surface area contributed by atoms with Crippen LogP contribution in [-0.2, 0) is 0 Å². The van der Waals surface area contributed by atoms with Crippen molar-refractivity contribution < 1.29 is 4.74 Å². The lowest BCUT2D eigenvalue weighted by molar-refractivity contribution is 0.319. The summed E-state index contributed by atoms with van der Waals surface area (Å²) in [6, 6.07) is 8.21. The summed E-state index contributed by atoms with van der Waals surface area (Å²) in [4.78, 5) is 0. The van der Waals surface area contributed by atoms with Gasteiger partial charge in [-0.05, 0) is 47.9 Å². The molecule has 0 bridgehead atoms.